The molecule has 0 heterocycles. The largest absolute Gasteiger partial charge is 0.469 e. The predicted molar refractivity (Wildman–Crippen MR) is 69.6 cm³/mol. The van der Waals surface area contributed by atoms with E-state index in [1.165, 1.54) is 11.4 Å². The second-order valence-electron chi connectivity index (χ2n) is 4.64. The van der Waals surface area contributed by atoms with Crippen LogP contribution in [0.15, 0.2) is 0 Å². The van der Waals surface area contributed by atoms with Crippen LogP contribution in [0.1, 0.15) is 39.5 Å². The third kappa shape index (κ3) is 3.03. The van der Waals surface area contributed by atoms with Crippen molar-refractivity contribution in [3.05, 3.63) is 0 Å². The molecule has 0 aromatic heterocycles. The van der Waals surface area contributed by atoms with Crippen LogP contribution in [0.5, 0.6) is 0 Å². The molecule has 2 atom stereocenters. The highest BCUT2D eigenvalue weighted by atomic mass is 32.2. The molecule has 18 heavy (non-hydrogen) atoms. The lowest BCUT2D eigenvalue weighted by Crippen LogP contribution is -2.42. The van der Waals surface area contributed by atoms with Crippen LogP contribution in [-0.2, 0) is 19.6 Å². The average molecular weight is 277 g/mol. The van der Waals surface area contributed by atoms with E-state index in [9.17, 15) is 13.2 Å². The fourth-order valence-electron chi connectivity index (χ4n) is 2.61. The number of carbonyl (C=O) groups is 1. The Morgan fingerprint density at radius 3 is 2.50 bits per heavy atom. The van der Waals surface area contributed by atoms with E-state index in [0.29, 0.717) is 25.9 Å². The zero-order chi connectivity index (χ0) is 13.8. The van der Waals surface area contributed by atoms with Gasteiger partial charge in [0.05, 0.1) is 18.3 Å². The summed E-state index contributed by atoms with van der Waals surface area (Å²) in [6.45, 7) is 4.75. The summed E-state index contributed by atoms with van der Waals surface area (Å²) >= 11 is 0. The van der Waals surface area contributed by atoms with E-state index < -0.39 is 27.2 Å². The van der Waals surface area contributed by atoms with Gasteiger partial charge in [-0.15, -0.1) is 0 Å². The molecule has 5 nitrogen and oxygen atoms in total. The highest BCUT2D eigenvalue weighted by molar-refractivity contribution is 7.89. The zero-order valence-electron chi connectivity index (χ0n) is 11.4. The van der Waals surface area contributed by atoms with Crippen LogP contribution >= 0.6 is 0 Å². The maximum atomic E-state index is 12.5. The lowest BCUT2D eigenvalue weighted by Gasteiger charge is -2.26. The van der Waals surface area contributed by atoms with Gasteiger partial charge < -0.3 is 4.74 Å². The maximum Gasteiger partial charge on any atom is 0.310 e. The van der Waals surface area contributed by atoms with Crippen LogP contribution < -0.4 is 0 Å². The van der Waals surface area contributed by atoms with Crippen LogP contribution in [0.4, 0.5) is 0 Å². The van der Waals surface area contributed by atoms with Gasteiger partial charge in [0.15, 0.2) is 0 Å². The van der Waals surface area contributed by atoms with Crippen molar-refractivity contribution in [3.8, 4) is 0 Å². The van der Waals surface area contributed by atoms with Crippen LogP contribution in [-0.4, -0.2) is 44.1 Å². The van der Waals surface area contributed by atoms with Crippen molar-refractivity contribution >= 4 is 16.0 Å². The normalized spacial score (nSPS) is 24.4. The fourth-order valence-corrected chi connectivity index (χ4v) is 4.92. The summed E-state index contributed by atoms with van der Waals surface area (Å²) in [7, 11) is -2.07. The predicted octanol–water partition coefficient (Wildman–Crippen LogP) is 1.39. The molecule has 1 aliphatic carbocycles. The van der Waals surface area contributed by atoms with Gasteiger partial charge in [0.25, 0.3) is 0 Å². The van der Waals surface area contributed by atoms with Gasteiger partial charge in [0.1, 0.15) is 0 Å². The molecule has 0 saturated heterocycles. The minimum absolute atomic E-state index is 0.395. The first-order valence-corrected chi connectivity index (χ1v) is 8.06. The number of esters is 1. The van der Waals surface area contributed by atoms with E-state index >= 15 is 0 Å². The average Bonchev–Trinajstić information content (AvgIpc) is 2.84. The molecule has 0 amide bonds. The molecule has 1 rings (SSSR count). The van der Waals surface area contributed by atoms with Gasteiger partial charge >= 0.3 is 5.97 Å². The summed E-state index contributed by atoms with van der Waals surface area (Å²) in [5, 5.41) is -0.601. The van der Waals surface area contributed by atoms with Gasteiger partial charge in [0.2, 0.25) is 10.0 Å². The summed E-state index contributed by atoms with van der Waals surface area (Å²) in [5.74, 6) is -0.889. The molecule has 6 heteroatoms. The molecule has 0 aromatic rings. The first-order chi connectivity index (χ1) is 8.48. The molecule has 0 aromatic carbocycles. The summed E-state index contributed by atoms with van der Waals surface area (Å²) in [6, 6.07) is 0. The Balaban J connectivity index is 2.92. The zero-order valence-corrected chi connectivity index (χ0v) is 12.2. The van der Waals surface area contributed by atoms with Crippen molar-refractivity contribution in [2.45, 2.75) is 44.8 Å². The summed E-state index contributed by atoms with van der Waals surface area (Å²) < 4.78 is 31.2. The summed E-state index contributed by atoms with van der Waals surface area (Å²) in [5.41, 5.74) is 0. The van der Waals surface area contributed by atoms with Crippen molar-refractivity contribution < 1.29 is 17.9 Å². The van der Waals surface area contributed by atoms with E-state index in [4.69, 9.17) is 4.74 Å². The first-order valence-electron chi connectivity index (χ1n) is 6.55. The molecule has 0 N–H and O–H groups in total. The first kappa shape index (κ1) is 15.4. The number of carbonyl (C=O) groups excluding carboxylic acids is 1. The molecule has 1 aliphatic rings. The Bertz CT molecular complexity index is 380. The molecule has 106 valence electrons. The number of hydrogen-bond acceptors (Lipinski definition) is 4. The molecule has 0 aliphatic heterocycles. The van der Waals surface area contributed by atoms with E-state index in [1.807, 2.05) is 13.8 Å². The molecule has 1 saturated carbocycles. The molecule has 1 fully saturated rings. The van der Waals surface area contributed by atoms with Crippen molar-refractivity contribution in [2.75, 3.05) is 20.2 Å². The highest BCUT2D eigenvalue weighted by Crippen LogP contribution is 2.33. The van der Waals surface area contributed by atoms with Gasteiger partial charge in [-0.1, -0.05) is 20.3 Å². The fraction of sp³-hybridized carbons (Fsp3) is 0.917. The number of hydrogen-bond donors (Lipinski definition) is 0. The molecular weight excluding hydrogens is 254 g/mol. The third-order valence-corrected chi connectivity index (χ3v) is 6.01. The Kier molecular flexibility index (Phi) is 5.59. The number of rotatable bonds is 6. The Morgan fingerprint density at radius 2 is 2.00 bits per heavy atom. The Labute approximate surface area is 110 Å². The van der Waals surface area contributed by atoms with Crippen LogP contribution in [0.2, 0.25) is 0 Å². The summed E-state index contributed by atoms with van der Waals surface area (Å²) in [6.07, 6.45) is 2.72. The van der Waals surface area contributed by atoms with Gasteiger partial charge in [-0.2, -0.15) is 0 Å². The van der Waals surface area contributed by atoms with Crippen LogP contribution in [0, 0.1) is 5.92 Å². The highest BCUT2D eigenvalue weighted by Gasteiger charge is 2.44. The smallest absolute Gasteiger partial charge is 0.310 e. The van der Waals surface area contributed by atoms with Gasteiger partial charge in [0, 0.05) is 13.1 Å². The van der Waals surface area contributed by atoms with Crippen molar-refractivity contribution in [2.24, 2.45) is 5.92 Å². The van der Waals surface area contributed by atoms with E-state index in [1.54, 1.807) is 0 Å². The van der Waals surface area contributed by atoms with E-state index in [-0.39, 0.29) is 0 Å². The number of ether oxygens (including phenoxy) is 1. The van der Waals surface area contributed by atoms with Gasteiger partial charge in [-0.25, -0.2) is 12.7 Å². The van der Waals surface area contributed by atoms with E-state index in [2.05, 4.69) is 0 Å². The SMILES string of the molecule is CCCN(CC)S(=O)(=O)C1CCCC1C(=O)OC. The Hall–Kier alpha value is -0.620. The van der Waals surface area contributed by atoms with E-state index in [0.717, 1.165) is 12.8 Å². The topological polar surface area (TPSA) is 63.7 Å². The monoisotopic (exact) mass is 277 g/mol. The molecule has 0 spiro atoms. The lowest BCUT2D eigenvalue weighted by atomic mass is 10.1. The summed E-state index contributed by atoms with van der Waals surface area (Å²) in [4.78, 5) is 11.6. The number of sulfonamides is 1. The van der Waals surface area contributed by atoms with Gasteiger partial charge in [-0.05, 0) is 19.3 Å². The van der Waals surface area contributed by atoms with Crippen molar-refractivity contribution in [3.63, 3.8) is 0 Å². The third-order valence-electron chi connectivity index (χ3n) is 3.52. The van der Waals surface area contributed by atoms with Crippen LogP contribution in [0.3, 0.4) is 0 Å². The minimum atomic E-state index is -3.38. The van der Waals surface area contributed by atoms with Gasteiger partial charge in [-0.3, -0.25) is 4.79 Å². The molecule has 0 bridgehead atoms. The second kappa shape index (κ2) is 6.52. The van der Waals surface area contributed by atoms with Crippen LogP contribution in [0.25, 0.3) is 0 Å². The molecular formula is C12H23NO4S. The standard InChI is InChI=1S/C12H23NO4S/c1-4-9-13(5-2)18(15,16)11-8-6-7-10(11)12(14)17-3/h10-11H,4-9H2,1-3H3. The lowest BCUT2D eigenvalue weighted by molar-refractivity contribution is -0.145. The number of nitrogens with zero attached hydrogens (tertiary/aromatic N) is 1. The van der Waals surface area contributed by atoms with Crippen molar-refractivity contribution in [1.29, 1.82) is 0 Å². The Morgan fingerprint density at radius 1 is 1.33 bits per heavy atom. The van der Waals surface area contributed by atoms with Crippen molar-refractivity contribution in [1.82, 2.24) is 4.31 Å². The number of methoxy groups -OCH3 is 1. The minimum Gasteiger partial charge on any atom is -0.469 e. The quantitative estimate of drug-likeness (QED) is 0.688. The maximum absolute atomic E-state index is 12.5. The molecule has 2 unspecified atom stereocenters. The molecule has 0 radical (unpaired) electrons. The second-order valence-corrected chi connectivity index (χ2v) is 6.79.